The lowest BCUT2D eigenvalue weighted by atomic mass is 9.90. The van der Waals surface area contributed by atoms with Crippen molar-refractivity contribution in [2.45, 2.75) is 58.1 Å². The van der Waals surface area contributed by atoms with Crippen LogP contribution in [0, 0.1) is 0 Å². The average molecular weight is 506 g/mol. The molecule has 3 aromatic carbocycles. The number of aliphatic carboxylic acids is 1. The Hall–Kier alpha value is -3.31. The van der Waals surface area contributed by atoms with Crippen molar-refractivity contribution in [1.82, 2.24) is 4.90 Å². The summed E-state index contributed by atoms with van der Waals surface area (Å²) in [5.41, 5.74) is 4.49. The molecule has 0 saturated carbocycles. The van der Waals surface area contributed by atoms with Gasteiger partial charge in [-0.05, 0) is 65.4 Å². The second-order valence-corrected chi connectivity index (χ2v) is 10.6. The summed E-state index contributed by atoms with van der Waals surface area (Å²) in [5.74, 6) is 0.127. The number of benzene rings is 3. The molecule has 0 unspecified atom stereocenters. The summed E-state index contributed by atoms with van der Waals surface area (Å²) in [6, 6.07) is 21.4. The van der Waals surface area contributed by atoms with E-state index in [4.69, 9.17) is 16.3 Å². The molecule has 0 bridgehead atoms. The van der Waals surface area contributed by atoms with Gasteiger partial charge in [-0.3, -0.25) is 9.59 Å². The Morgan fingerprint density at radius 1 is 1.06 bits per heavy atom. The van der Waals surface area contributed by atoms with Crippen LogP contribution in [0.5, 0.6) is 5.75 Å². The standard InChI is InChI=1S/C30H32ClNO4/c1-20(2)23-9-7-21(8-10-23)17-30(3)18-25-16-24(11-12-27(25)36-30)29(35)32(14-13-28(33)34)19-22-5-4-6-26(31)15-22/h4-12,15-16,20H,13-14,17-19H2,1-3H3,(H,33,34)/t30-/m0/s1. The Kier molecular flexibility index (Phi) is 7.70. The van der Waals surface area contributed by atoms with Crippen LogP contribution in [0.15, 0.2) is 66.7 Å². The third-order valence-electron chi connectivity index (χ3n) is 6.60. The Labute approximate surface area is 217 Å². The minimum absolute atomic E-state index is 0.109. The van der Waals surface area contributed by atoms with Gasteiger partial charge >= 0.3 is 5.97 Å². The Morgan fingerprint density at radius 2 is 1.81 bits per heavy atom. The van der Waals surface area contributed by atoms with Crippen LogP contribution in [-0.4, -0.2) is 34.0 Å². The van der Waals surface area contributed by atoms with E-state index in [9.17, 15) is 14.7 Å². The first-order chi connectivity index (χ1) is 17.1. The van der Waals surface area contributed by atoms with E-state index < -0.39 is 11.6 Å². The largest absolute Gasteiger partial charge is 0.487 e. The molecule has 1 N–H and O–H groups in total. The third kappa shape index (κ3) is 6.27. The summed E-state index contributed by atoms with van der Waals surface area (Å²) < 4.78 is 6.34. The van der Waals surface area contributed by atoms with Gasteiger partial charge in [-0.15, -0.1) is 0 Å². The summed E-state index contributed by atoms with van der Waals surface area (Å²) in [6.07, 6.45) is 1.33. The highest BCUT2D eigenvalue weighted by Gasteiger charge is 2.35. The van der Waals surface area contributed by atoms with E-state index in [1.807, 2.05) is 24.3 Å². The van der Waals surface area contributed by atoms with Gasteiger partial charge in [-0.25, -0.2) is 0 Å². The number of hydrogen-bond donors (Lipinski definition) is 1. The number of hydrogen-bond acceptors (Lipinski definition) is 3. The van der Waals surface area contributed by atoms with E-state index in [2.05, 4.69) is 45.0 Å². The molecule has 0 spiro atoms. The molecule has 0 radical (unpaired) electrons. The summed E-state index contributed by atoms with van der Waals surface area (Å²) in [6.45, 7) is 6.86. The highest BCUT2D eigenvalue weighted by atomic mass is 35.5. The molecular formula is C30H32ClNO4. The topological polar surface area (TPSA) is 66.8 Å². The Bertz CT molecular complexity index is 1250. The number of carbonyl (C=O) groups is 2. The molecule has 1 amide bonds. The number of carbonyl (C=O) groups excluding carboxylic acids is 1. The van der Waals surface area contributed by atoms with E-state index in [1.165, 1.54) is 11.1 Å². The van der Waals surface area contributed by atoms with E-state index in [1.54, 1.807) is 23.1 Å². The zero-order valence-electron chi connectivity index (χ0n) is 21.0. The zero-order chi connectivity index (χ0) is 25.9. The summed E-state index contributed by atoms with van der Waals surface area (Å²) in [5, 5.41) is 9.77. The van der Waals surface area contributed by atoms with Crippen LogP contribution in [0.3, 0.4) is 0 Å². The SMILES string of the molecule is CC(C)c1ccc(C[C@@]2(C)Cc3cc(C(=O)N(CCC(=O)O)Cc4cccc(Cl)c4)ccc3O2)cc1. The smallest absolute Gasteiger partial charge is 0.305 e. The van der Waals surface area contributed by atoms with Crippen molar-refractivity contribution in [2.75, 3.05) is 6.54 Å². The van der Waals surface area contributed by atoms with Crippen LogP contribution >= 0.6 is 11.6 Å². The number of ether oxygens (including phenoxy) is 1. The van der Waals surface area contributed by atoms with Gasteiger partial charge in [0.2, 0.25) is 0 Å². The van der Waals surface area contributed by atoms with E-state index >= 15 is 0 Å². The molecule has 5 nitrogen and oxygen atoms in total. The lowest BCUT2D eigenvalue weighted by Gasteiger charge is -2.24. The fourth-order valence-electron chi connectivity index (χ4n) is 4.73. The molecule has 1 aliphatic rings. The van der Waals surface area contributed by atoms with Gasteiger partial charge in [0, 0.05) is 36.5 Å². The average Bonchev–Trinajstić information content (AvgIpc) is 3.16. The van der Waals surface area contributed by atoms with Gasteiger partial charge in [-0.2, -0.15) is 0 Å². The third-order valence-corrected chi connectivity index (χ3v) is 6.83. The number of carboxylic acid groups (broad SMARTS) is 1. The minimum atomic E-state index is -0.946. The van der Waals surface area contributed by atoms with Crippen molar-refractivity contribution in [3.8, 4) is 5.75 Å². The number of rotatable bonds is 9. The summed E-state index contributed by atoms with van der Waals surface area (Å²) in [4.78, 5) is 26.2. The lowest BCUT2D eigenvalue weighted by Crippen LogP contribution is -2.33. The quantitative estimate of drug-likeness (QED) is 0.359. The van der Waals surface area contributed by atoms with Gasteiger partial charge in [0.05, 0.1) is 6.42 Å². The predicted octanol–water partition coefficient (Wildman–Crippen LogP) is 6.52. The molecule has 0 fully saturated rings. The number of amides is 1. The van der Waals surface area contributed by atoms with Crippen molar-refractivity contribution in [2.24, 2.45) is 0 Å². The number of halogens is 1. The van der Waals surface area contributed by atoms with Crippen LogP contribution in [0.2, 0.25) is 5.02 Å². The van der Waals surface area contributed by atoms with Crippen molar-refractivity contribution >= 4 is 23.5 Å². The molecule has 1 aliphatic heterocycles. The number of carboxylic acids is 1. The predicted molar refractivity (Wildman–Crippen MR) is 142 cm³/mol. The highest BCUT2D eigenvalue weighted by Crippen LogP contribution is 2.38. The van der Waals surface area contributed by atoms with Gasteiger partial charge in [0.1, 0.15) is 11.4 Å². The fraction of sp³-hybridized carbons (Fsp3) is 0.333. The first-order valence-electron chi connectivity index (χ1n) is 12.3. The Morgan fingerprint density at radius 3 is 2.47 bits per heavy atom. The first kappa shape index (κ1) is 25.8. The van der Waals surface area contributed by atoms with Crippen LogP contribution in [0.25, 0.3) is 0 Å². The van der Waals surface area contributed by atoms with Crippen molar-refractivity contribution in [3.63, 3.8) is 0 Å². The second kappa shape index (κ2) is 10.8. The van der Waals surface area contributed by atoms with Gasteiger partial charge < -0.3 is 14.7 Å². The number of nitrogens with zero attached hydrogens (tertiary/aromatic N) is 1. The first-order valence-corrected chi connectivity index (χ1v) is 12.7. The Balaban J connectivity index is 1.50. The molecule has 1 heterocycles. The van der Waals surface area contributed by atoms with Crippen LogP contribution in [-0.2, 0) is 24.2 Å². The van der Waals surface area contributed by atoms with Crippen molar-refractivity contribution in [1.29, 1.82) is 0 Å². The molecular weight excluding hydrogens is 474 g/mol. The molecule has 188 valence electrons. The van der Waals surface area contributed by atoms with Crippen molar-refractivity contribution < 1.29 is 19.4 Å². The maximum atomic E-state index is 13.4. The van der Waals surface area contributed by atoms with Gasteiger partial charge in [0.25, 0.3) is 5.91 Å². The zero-order valence-corrected chi connectivity index (χ0v) is 21.7. The highest BCUT2D eigenvalue weighted by molar-refractivity contribution is 6.30. The fourth-order valence-corrected chi connectivity index (χ4v) is 4.94. The summed E-state index contributed by atoms with van der Waals surface area (Å²) in [7, 11) is 0. The monoisotopic (exact) mass is 505 g/mol. The molecule has 6 heteroatoms. The molecule has 3 aromatic rings. The van der Waals surface area contributed by atoms with Gasteiger partial charge in [-0.1, -0.05) is 61.8 Å². The minimum Gasteiger partial charge on any atom is -0.487 e. The normalized spacial score (nSPS) is 16.5. The second-order valence-electron chi connectivity index (χ2n) is 10.1. The molecule has 0 saturated heterocycles. The van der Waals surface area contributed by atoms with Crippen LogP contribution in [0.1, 0.15) is 65.7 Å². The lowest BCUT2D eigenvalue weighted by molar-refractivity contribution is -0.137. The summed E-state index contributed by atoms with van der Waals surface area (Å²) >= 11 is 6.11. The van der Waals surface area contributed by atoms with Gasteiger partial charge in [0.15, 0.2) is 0 Å². The molecule has 4 rings (SSSR count). The molecule has 0 aromatic heterocycles. The van der Waals surface area contributed by atoms with E-state index in [0.717, 1.165) is 23.3 Å². The maximum Gasteiger partial charge on any atom is 0.305 e. The molecule has 0 aliphatic carbocycles. The number of fused-ring (bicyclic) bond motifs is 1. The molecule has 1 atom stereocenters. The van der Waals surface area contributed by atoms with Crippen LogP contribution in [0.4, 0.5) is 0 Å². The van der Waals surface area contributed by atoms with E-state index in [-0.39, 0.29) is 25.4 Å². The van der Waals surface area contributed by atoms with Crippen LogP contribution < -0.4 is 4.74 Å². The molecule has 36 heavy (non-hydrogen) atoms. The maximum absolute atomic E-state index is 13.4. The van der Waals surface area contributed by atoms with Crippen molar-refractivity contribution in [3.05, 3.63) is 99.6 Å². The van der Waals surface area contributed by atoms with E-state index in [0.29, 0.717) is 22.9 Å².